The van der Waals surface area contributed by atoms with Crippen LogP contribution >= 0.6 is 0 Å². The Morgan fingerprint density at radius 2 is 1.45 bits per heavy atom. The first-order chi connectivity index (χ1) is 18.1. The molecule has 0 bridgehead atoms. The Morgan fingerprint density at radius 1 is 0.842 bits per heavy atom. The van der Waals surface area contributed by atoms with Gasteiger partial charge in [-0.05, 0) is 37.3 Å². The summed E-state index contributed by atoms with van der Waals surface area (Å²) < 4.78 is 45.0. The van der Waals surface area contributed by atoms with Gasteiger partial charge in [-0.1, -0.05) is 48.5 Å². The zero-order valence-corrected chi connectivity index (χ0v) is 20.3. The number of alkyl halides is 3. The summed E-state index contributed by atoms with van der Waals surface area (Å²) in [6.07, 6.45) is -3.57. The van der Waals surface area contributed by atoms with E-state index in [4.69, 9.17) is 0 Å². The van der Waals surface area contributed by atoms with Crippen LogP contribution in [0.4, 0.5) is 18.9 Å². The third-order valence-corrected chi connectivity index (χ3v) is 6.40. The minimum Gasteiger partial charge on any atom is -0.494 e. The summed E-state index contributed by atoms with van der Waals surface area (Å²) in [4.78, 5) is 30.9. The molecular formula is C28H21F3N4O3. The van der Waals surface area contributed by atoms with Crippen LogP contribution in [0.2, 0.25) is 0 Å². The van der Waals surface area contributed by atoms with Crippen LogP contribution in [0.1, 0.15) is 16.8 Å². The van der Waals surface area contributed by atoms with E-state index in [9.17, 15) is 27.9 Å². The van der Waals surface area contributed by atoms with E-state index in [1.54, 1.807) is 61.1 Å². The third-order valence-electron chi connectivity index (χ3n) is 6.40. The summed E-state index contributed by atoms with van der Waals surface area (Å²) >= 11 is 0. The molecule has 2 heterocycles. The van der Waals surface area contributed by atoms with Gasteiger partial charge in [0.15, 0.2) is 5.69 Å². The molecule has 7 nitrogen and oxygen atoms in total. The molecule has 0 spiro atoms. The summed E-state index contributed by atoms with van der Waals surface area (Å²) in [6.45, 7) is 1.70. The van der Waals surface area contributed by atoms with Crippen molar-refractivity contribution in [1.82, 2.24) is 13.9 Å². The number of aliphatic imine (C=N–C) groups is 1. The SMILES string of the molecule is Cc1c(N=Cc2c(O)n(-c3ccccc3C(F)(F)F)c(=O)c3ccccc23)c(=O)n(-c2ccccc2)n1C. The Labute approximate surface area is 214 Å². The molecule has 0 unspecified atom stereocenters. The number of aromatic hydroxyl groups is 1. The molecule has 5 rings (SSSR count). The molecule has 38 heavy (non-hydrogen) atoms. The minimum absolute atomic E-state index is 0.00825. The van der Waals surface area contributed by atoms with Crippen molar-refractivity contribution < 1.29 is 18.3 Å². The van der Waals surface area contributed by atoms with E-state index in [-0.39, 0.29) is 22.0 Å². The summed E-state index contributed by atoms with van der Waals surface area (Å²) in [6, 6.07) is 19.6. The molecule has 10 heteroatoms. The quantitative estimate of drug-likeness (QED) is 0.330. The van der Waals surface area contributed by atoms with E-state index in [1.807, 2.05) is 6.07 Å². The first kappa shape index (κ1) is 24.8. The van der Waals surface area contributed by atoms with Gasteiger partial charge < -0.3 is 5.11 Å². The lowest BCUT2D eigenvalue weighted by atomic mass is 10.1. The van der Waals surface area contributed by atoms with Gasteiger partial charge >= 0.3 is 6.18 Å². The molecule has 0 aliphatic carbocycles. The van der Waals surface area contributed by atoms with Crippen molar-refractivity contribution in [2.45, 2.75) is 13.1 Å². The molecule has 5 aromatic rings. The van der Waals surface area contributed by atoms with E-state index in [1.165, 1.54) is 29.1 Å². The largest absolute Gasteiger partial charge is 0.494 e. The maximum absolute atomic E-state index is 13.8. The molecule has 0 aliphatic heterocycles. The van der Waals surface area contributed by atoms with Gasteiger partial charge in [-0.3, -0.25) is 14.3 Å². The summed E-state index contributed by atoms with van der Waals surface area (Å²) in [5.74, 6) is -0.730. The number of aromatic nitrogens is 3. The number of fused-ring (bicyclic) bond motifs is 1. The molecule has 0 saturated carbocycles. The Hall–Kier alpha value is -4.86. The lowest BCUT2D eigenvalue weighted by Gasteiger charge is -2.18. The number of hydrogen-bond donors (Lipinski definition) is 1. The summed E-state index contributed by atoms with van der Waals surface area (Å²) in [7, 11) is 1.70. The Morgan fingerprint density at radius 3 is 2.13 bits per heavy atom. The van der Waals surface area contributed by atoms with Crippen molar-refractivity contribution in [3.63, 3.8) is 0 Å². The molecule has 3 aromatic carbocycles. The highest BCUT2D eigenvalue weighted by atomic mass is 19.4. The van der Waals surface area contributed by atoms with E-state index >= 15 is 0 Å². The molecule has 0 atom stereocenters. The second-order valence-electron chi connectivity index (χ2n) is 8.61. The van der Waals surface area contributed by atoms with Crippen LogP contribution in [0, 0.1) is 6.92 Å². The maximum atomic E-state index is 13.8. The lowest BCUT2D eigenvalue weighted by Crippen LogP contribution is -2.23. The maximum Gasteiger partial charge on any atom is 0.418 e. The highest BCUT2D eigenvalue weighted by Gasteiger charge is 2.35. The first-order valence-electron chi connectivity index (χ1n) is 11.5. The van der Waals surface area contributed by atoms with Crippen LogP contribution in [0.5, 0.6) is 5.88 Å². The highest BCUT2D eigenvalue weighted by molar-refractivity contribution is 6.02. The van der Waals surface area contributed by atoms with Crippen LogP contribution in [-0.2, 0) is 13.2 Å². The van der Waals surface area contributed by atoms with Gasteiger partial charge in [-0.25, -0.2) is 14.2 Å². The zero-order valence-electron chi connectivity index (χ0n) is 20.3. The van der Waals surface area contributed by atoms with Crippen molar-refractivity contribution >= 4 is 22.7 Å². The number of halogens is 3. The third kappa shape index (κ3) is 4.00. The first-order valence-corrected chi connectivity index (χ1v) is 11.5. The molecule has 0 amide bonds. The number of nitrogens with zero attached hydrogens (tertiary/aromatic N) is 4. The van der Waals surface area contributed by atoms with Crippen LogP contribution in [0.15, 0.2) is 93.4 Å². The molecule has 0 fully saturated rings. The molecule has 1 N–H and O–H groups in total. The zero-order chi connectivity index (χ0) is 27.2. The van der Waals surface area contributed by atoms with Gasteiger partial charge in [0, 0.05) is 24.0 Å². The van der Waals surface area contributed by atoms with E-state index in [0.29, 0.717) is 15.9 Å². The van der Waals surface area contributed by atoms with Crippen LogP contribution < -0.4 is 11.1 Å². The minimum atomic E-state index is -4.77. The van der Waals surface area contributed by atoms with E-state index in [0.717, 1.165) is 12.1 Å². The van der Waals surface area contributed by atoms with Crippen molar-refractivity contribution in [1.29, 1.82) is 0 Å². The lowest BCUT2D eigenvalue weighted by molar-refractivity contribution is -0.137. The standard InChI is InChI=1S/C28H21F3N4O3/c1-17-24(27(38)35(33(17)2)18-10-4-3-5-11-18)32-16-21-19-12-6-7-13-20(19)25(36)34(26(21)37)23-15-9-8-14-22(23)28(29,30)31/h3-16,37H,1-2H3. The molecule has 2 aromatic heterocycles. The Kier molecular flexibility index (Phi) is 6.02. The number of benzene rings is 3. The fraction of sp³-hybridized carbons (Fsp3) is 0.107. The molecule has 0 saturated heterocycles. The van der Waals surface area contributed by atoms with Gasteiger partial charge in [-0.2, -0.15) is 13.2 Å². The predicted octanol–water partition coefficient (Wildman–Crippen LogP) is 5.26. The van der Waals surface area contributed by atoms with Gasteiger partial charge in [0.05, 0.1) is 28.2 Å². The molecular weight excluding hydrogens is 497 g/mol. The second kappa shape index (κ2) is 9.22. The van der Waals surface area contributed by atoms with Crippen LogP contribution in [0.25, 0.3) is 22.1 Å². The highest BCUT2D eigenvalue weighted by Crippen LogP contribution is 2.36. The topological polar surface area (TPSA) is 81.5 Å². The predicted molar refractivity (Wildman–Crippen MR) is 139 cm³/mol. The monoisotopic (exact) mass is 518 g/mol. The van der Waals surface area contributed by atoms with Gasteiger partial charge in [0.2, 0.25) is 5.88 Å². The van der Waals surface area contributed by atoms with Gasteiger partial charge in [0.1, 0.15) is 0 Å². The smallest absolute Gasteiger partial charge is 0.418 e. The molecule has 192 valence electrons. The summed E-state index contributed by atoms with van der Waals surface area (Å²) in [5, 5.41) is 11.5. The fourth-order valence-electron chi connectivity index (χ4n) is 4.45. The van der Waals surface area contributed by atoms with Crippen LogP contribution in [-0.4, -0.2) is 25.3 Å². The second-order valence-corrected chi connectivity index (χ2v) is 8.61. The summed E-state index contributed by atoms with van der Waals surface area (Å²) in [5.41, 5.74) is -1.64. The number of rotatable bonds is 4. The van der Waals surface area contributed by atoms with E-state index in [2.05, 4.69) is 4.99 Å². The van der Waals surface area contributed by atoms with Crippen molar-refractivity contribution in [2.75, 3.05) is 0 Å². The van der Waals surface area contributed by atoms with E-state index < -0.39 is 34.4 Å². The molecule has 0 radical (unpaired) electrons. The number of pyridine rings is 1. The fourth-order valence-corrected chi connectivity index (χ4v) is 4.45. The van der Waals surface area contributed by atoms with Gasteiger partial charge in [0.25, 0.3) is 11.1 Å². The molecule has 0 aliphatic rings. The number of hydrogen-bond acceptors (Lipinski definition) is 4. The van der Waals surface area contributed by atoms with Gasteiger partial charge in [-0.15, -0.1) is 0 Å². The normalized spacial score (nSPS) is 12.0. The van der Waals surface area contributed by atoms with Crippen molar-refractivity contribution in [3.8, 4) is 17.3 Å². The van der Waals surface area contributed by atoms with Crippen LogP contribution in [0.3, 0.4) is 0 Å². The average molecular weight is 518 g/mol. The Bertz CT molecular complexity index is 1830. The Balaban J connectivity index is 1.76. The number of para-hydroxylation sites is 2. The van der Waals surface area contributed by atoms with Crippen molar-refractivity contribution in [3.05, 3.63) is 116 Å². The average Bonchev–Trinajstić information content (AvgIpc) is 3.11. The van der Waals surface area contributed by atoms with Crippen molar-refractivity contribution in [2.24, 2.45) is 12.0 Å².